The SMILES string of the molecule is CC1(C)CC1c1ncc(-c2ccccc2)s1. The number of thiazole rings is 1. The summed E-state index contributed by atoms with van der Waals surface area (Å²) >= 11 is 1.85. The van der Waals surface area contributed by atoms with Gasteiger partial charge in [0.15, 0.2) is 0 Å². The Labute approximate surface area is 100 Å². The summed E-state index contributed by atoms with van der Waals surface area (Å²) in [6.07, 6.45) is 3.30. The molecule has 1 saturated carbocycles. The van der Waals surface area contributed by atoms with E-state index in [0.29, 0.717) is 11.3 Å². The number of benzene rings is 1. The molecule has 1 nitrogen and oxygen atoms in total. The van der Waals surface area contributed by atoms with Crippen molar-refractivity contribution in [3.63, 3.8) is 0 Å². The molecule has 0 saturated heterocycles. The molecule has 3 rings (SSSR count). The molecule has 0 aliphatic heterocycles. The molecule has 1 unspecified atom stereocenters. The summed E-state index contributed by atoms with van der Waals surface area (Å²) in [5, 5.41) is 1.31. The Morgan fingerprint density at radius 3 is 2.56 bits per heavy atom. The van der Waals surface area contributed by atoms with Crippen molar-refractivity contribution < 1.29 is 0 Å². The third kappa shape index (κ3) is 1.67. The highest BCUT2D eigenvalue weighted by Gasteiger charge is 2.48. The predicted molar refractivity (Wildman–Crippen MR) is 68.7 cm³/mol. The second-order valence-corrected chi connectivity index (χ2v) is 6.24. The molecule has 1 aromatic carbocycles. The van der Waals surface area contributed by atoms with Crippen LogP contribution in [0.5, 0.6) is 0 Å². The van der Waals surface area contributed by atoms with Crippen LogP contribution >= 0.6 is 11.3 Å². The molecule has 1 aliphatic carbocycles. The van der Waals surface area contributed by atoms with Crippen molar-refractivity contribution in [3.8, 4) is 10.4 Å². The molecule has 1 aliphatic rings. The van der Waals surface area contributed by atoms with Gasteiger partial charge < -0.3 is 0 Å². The molecule has 0 bridgehead atoms. The lowest BCUT2D eigenvalue weighted by atomic mass is 10.1. The van der Waals surface area contributed by atoms with E-state index in [2.05, 4.69) is 49.2 Å². The van der Waals surface area contributed by atoms with Gasteiger partial charge in [-0.25, -0.2) is 4.98 Å². The van der Waals surface area contributed by atoms with Gasteiger partial charge in [-0.2, -0.15) is 0 Å². The largest absolute Gasteiger partial charge is 0.249 e. The summed E-state index contributed by atoms with van der Waals surface area (Å²) in [4.78, 5) is 5.86. The van der Waals surface area contributed by atoms with Crippen LogP contribution in [0.25, 0.3) is 10.4 Å². The highest BCUT2D eigenvalue weighted by Crippen LogP contribution is 2.59. The fourth-order valence-electron chi connectivity index (χ4n) is 2.07. The Morgan fingerprint density at radius 1 is 1.25 bits per heavy atom. The topological polar surface area (TPSA) is 12.9 Å². The zero-order valence-corrected chi connectivity index (χ0v) is 10.4. The van der Waals surface area contributed by atoms with Crippen molar-refractivity contribution in [2.75, 3.05) is 0 Å². The lowest BCUT2D eigenvalue weighted by Crippen LogP contribution is -1.87. The van der Waals surface area contributed by atoms with Crippen LogP contribution in [0.3, 0.4) is 0 Å². The van der Waals surface area contributed by atoms with E-state index >= 15 is 0 Å². The number of rotatable bonds is 2. The molecule has 1 atom stereocenters. The van der Waals surface area contributed by atoms with Gasteiger partial charge in [0.2, 0.25) is 0 Å². The molecule has 0 N–H and O–H groups in total. The van der Waals surface area contributed by atoms with Gasteiger partial charge in [-0.05, 0) is 17.4 Å². The van der Waals surface area contributed by atoms with Gasteiger partial charge in [0.1, 0.15) is 0 Å². The number of hydrogen-bond acceptors (Lipinski definition) is 2. The minimum absolute atomic E-state index is 0.478. The fourth-order valence-corrected chi connectivity index (χ4v) is 3.31. The Kier molecular flexibility index (Phi) is 2.15. The molecule has 2 aromatic rings. The van der Waals surface area contributed by atoms with Gasteiger partial charge >= 0.3 is 0 Å². The first-order valence-corrected chi connectivity index (χ1v) is 6.50. The molecule has 2 heteroatoms. The first-order chi connectivity index (χ1) is 7.67. The molecule has 1 heterocycles. The molecule has 1 fully saturated rings. The minimum Gasteiger partial charge on any atom is -0.249 e. The van der Waals surface area contributed by atoms with Crippen LogP contribution in [0.2, 0.25) is 0 Å². The van der Waals surface area contributed by atoms with Crippen molar-refractivity contribution in [2.45, 2.75) is 26.2 Å². The van der Waals surface area contributed by atoms with Crippen LogP contribution in [-0.2, 0) is 0 Å². The van der Waals surface area contributed by atoms with Crippen LogP contribution in [0.4, 0.5) is 0 Å². The molecule has 0 radical (unpaired) electrons. The Hall–Kier alpha value is -1.15. The van der Waals surface area contributed by atoms with Gasteiger partial charge in [-0.3, -0.25) is 0 Å². The van der Waals surface area contributed by atoms with Crippen LogP contribution < -0.4 is 0 Å². The zero-order chi connectivity index (χ0) is 11.2. The molecular weight excluding hydrogens is 214 g/mol. The molecule has 1 aromatic heterocycles. The van der Waals surface area contributed by atoms with E-state index in [1.165, 1.54) is 21.9 Å². The average Bonchev–Trinajstić information content (AvgIpc) is 2.76. The monoisotopic (exact) mass is 229 g/mol. The summed E-state index contributed by atoms with van der Waals surface area (Å²) in [7, 11) is 0. The molecular formula is C14H15NS. The van der Waals surface area contributed by atoms with E-state index in [1.54, 1.807) is 0 Å². The third-order valence-electron chi connectivity index (χ3n) is 3.39. The smallest absolute Gasteiger partial charge is 0.0967 e. The first-order valence-electron chi connectivity index (χ1n) is 5.68. The Morgan fingerprint density at radius 2 is 1.94 bits per heavy atom. The maximum atomic E-state index is 4.57. The van der Waals surface area contributed by atoms with Gasteiger partial charge in [0, 0.05) is 12.1 Å². The van der Waals surface area contributed by atoms with Gasteiger partial charge in [-0.1, -0.05) is 44.2 Å². The number of aromatic nitrogens is 1. The second kappa shape index (κ2) is 3.42. The summed E-state index contributed by atoms with van der Waals surface area (Å²) in [5.41, 5.74) is 1.76. The predicted octanol–water partition coefficient (Wildman–Crippen LogP) is 4.32. The van der Waals surface area contributed by atoms with Gasteiger partial charge in [0.05, 0.1) is 9.88 Å². The van der Waals surface area contributed by atoms with Crippen LogP contribution in [-0.4, -0.2) is 4.98 Å². The van der Waals surface area contributed by atoms with Crippen LogP contribution in [0.1, 0.15) is 31.2 Å². The summed E-state index contributed by atoms with van der Waals surface area (Å²) in [5.74, 6) is 0.690. The van der Waals surface area contributed by atoms with E-state index in [1.807, 2.05) is 17.5 Å². The van der Waals surface area contributed by atoms with Crippen molar-refractivity contribution in [1.82, 2.24) is 4.98 Å². The third-order valence-corrected chi connectivity index (χ3v) is 4.55. The molecule has 0 spiro atoms. The Bertz CT molecular complexity index is 498. The lowest BCUT2D eigenvalue weighted by Gasteiger charge is -1.98. The van der Waals surface area contributed by atoms with Gasteiger partial charge in [0.25, 0.3) is 0 Å². The standard InChI is InChI=1S/C14H15NS/c1-14(2)8-11(14)13-15-9-12(16-13)10-6-4-3-5-7-10/h3-7,9,11H,8H2,1-2H3. The summed E-state index contributed by atoms with van der Waals surface area (Å²) < 4.78 is 0. The highest BCUT2D eigenvalue weighted by atomic mass is 32.1. The number of nitrogens with zero attached hydrogens (tertiary/aromatic N) is 1. The Balaban J connectivity index is 1.89. The molecule has 16 heavy (non-hydrogen) atoms. The van der Waals surface area contributed by atoms with Crippen molar-refractivity contribution in [3.05, 3.63) is 41.5 Å². The molecule has 0 amide bonds. The zero-order valence-electron chi connectivity index (χ0n) is 9.60. The normalized spacial score (nSPS) is 22.0. The van der Waals surface area contributed by atoms with E-state index in [9.17, 15) is 0 Å². The minimum atomic E-state index is 0.478. The van der Waals surface area contributed by atoms with Crippen molar-refractivity contribution in [1.29, 1.82) is 0 Å². The van der Waals surface area contributed by atoms with E-state index in [-0.39, 0.29) is 0 Å². The van der Waals surface area contributed by atoms with E-state index in [4.69, 9.17) is 0 Å². The summed E-state index contributed by atoms with van der Waals surface area (Å²) in [6, 6.07) is 10.5. The summed E-state index contributed by atoms with van der Waals surface area (Å²) in [6.45, 7) is 4.64. The maximum Gasteiger partial charge on any atom is 0.0967 e. The highest BCUT2D eigenvalue weighted by molar-refractivity contribution is 7.15. The quantitative estimate of drug-likeness (QED) is 0.747. The second-order valence-electron chi connectivity index (χ2n) is 5.17. The maximum absolute atomic E-state index is 4.57. The first kappa shape index (κ1) is 10.0. The van der Waals surface area contributed by atoms with Crippen LogP contribution in [0, 0.1) is 5.41 Å². The van der Waals surface area contributed by atoms with E-state index < -0.39 is 0 Å². The fraction of sp³-hybridized carbons (Fsp3) is 0.357. The van der Waals surface area contributed by atoms with Gasteiger partial charge in [-0.15, -0.1) is 11.3 Å². The molecule has 82 valence electrons. The number of hydrogen-bond donors (Lipinski definition) is 0. The van der Waals surface area contributed by atoms with Crippen molar-refractivity contribution >= 4 is 11.3 Å². The lowest BCUT2D eigenvalue weighted by molar-refractivity contribution is 0.620. The van der Waals surface area contributed by atoms with E-state index in [0.717, 1.165) is 0 Å². The van der Waals surface area contributed by atoms with Crippen molar-refractivity contribution in [2.24, 2.45) is 5.41 Å². The average molecular weight is 229 g/mol. The van der Waals surface area contributed by atoms with Crippen LogP contribution in [0.15, 0.2) is 36.5 Å².